The second-order valence-corrected chi connectivity index (χ2v) is 9.12. The number of amides is 2. The zero-order chi connectivity index (χ0) is 22.0. The molecule has 2 amide bonds. The molecule has 1 aromatic carbocycles. The molecular weight excluding hydrogens is 414 g/mol. The number of halogens is 1. The van der Waals surface area contributed by atoms with Crippen LogP contribution in [0.15, 0.2) is 24.4 Å². The molecule has 1 aliphatic carbocycles. The van der Waals surface area contributed by atoms with Gasteiger partial charge < -0.3 is 16.0 Å². The van der Waals surface area contributed by atoms with Crippen LogP contribution in [0.4, 0.5) is 0 Å². The highest BCUT2D eigenvalue weighted by Crippen LogP contribution is 2.42. The Balaban J connectivity index is 1.36. The van der Waals surface area contributed by atoms with Crippen LogP contribution < -0.4 is 11.1 Å². The van der Waals surface area contributed by atoms with Gasteiger partial charge in [-0.25, -0.2) is 4.68 Å². The van der Waals surface area contributed by atoms with E-state index < -0.39 is 0 Å². The van der Waals surface area contributed by atoms with Gasteiger partial charge in [-0.15, -0.1) is 0 Å². The maximum atomic E-state index is 12.9. The van der Waals surface area contributed by atoms with Crippen LogP contribution in [0, 0.1) is 12.8 Å². The Kier molecular flexibility index (Phi) is 6.62. The van der Waals surface area contributed by atoms with Gasteiger partial charge in [-0.2, -0.15) is 5.10 Å². The van der Waals surface area contributed by atoms with Crippen LogP contribution in [-0.4, -0.2) is 52.7 Å². The number of aryl methyl sites for hydroxylation is 1. The number of piperidine rings is 1. The summed E-state index contributed by atoms with van der Waals surface area (Å²) >= 11 is 6.31. The topological polar surface area (TPSA) is 93.2 Å². The van der Waals surface area contributed by atoms with Gasteiger partial charge in [0.05, 0.1) is 29.1 Å². The summed E-state index contributed by atoms with van der Waals surface area (Å²) in [5.74, 6) is 0.0190. The van der Waals surface area contributed by atoms with Crippen LogP contribution in [0.1, 0.15) is 59.6 Å². The van der Waals surface area contributed by atoms with Crippen LogP contribution in [0.2, 0.25) is 5.02 Å². The van der Waals surface area contributed by atoms with Crippen molar-refractivity contribution in [2.75, 3.05) is 26.2 Å². The normalized spacial score (nSPS) is 19.4. The molecule has 1 saturated heterocycles. The van der Waals surface area contributed by atoms with Gasteiger partial charge in [0.15, 0.2) is 0 Å². The average Bonchev–Trinajstić information content (AvgIpc) is 3.51. The number of aromatic nitrogens is 2. The van der Waals surface area contributed by atoms with Gasteiger partial charge in [-0.1, -0.05) is 17.7 Å². The first-order valence-corrected chi connectivity index (χ1v) is 11.5. The Morgan fingerprint density at radius 3 is 2.81 bits per heavy atom. The van der Waals surface area contributed by atoms with Gasteiger partial charge in [0.25, 0.3) is 5.91 Å². The molecule has 4 rings (SSSR count). The highest BCUT2D eigenvalue weighted by Gasteiger charge is 2.33. The first kappa shape index (κ1) is 21.8. The molecule has 3 N–H and O–H groups in total. The van der Waals surface area contributed by atoms with Crippen LogP contribution in [0.3, 0.4) is 0 Å². The van der Waals surface area contributed by atoms with E-state index in [-0.39, 0.29) is 17.7 Å². The summed E-state index contributed by atoms with van der Waals surface area (Å²) < 4.78 is 1.86. The lowest BCUT2D eigenvalue weighted by Gasteiger charge is -2.31. The zero-order valence-electron chi connectivity index (χ0n) is 17.9. The third-order valence-corrected chi connectivity index (χ3v) is 6.67. The van der Waals surface area contributed by atoms with Gasteiger partial charge in [-0.3, -0.25) is 9.59 Å². The molecular formula is C23H30ClN5O2. The van der Waals surface area contributed by atoms with Gasteiger partial charge in [-0.05, 0) is 69.8 Å². The summed E-state index contributed by atoms with van der Waals surface area (Å²) in [6.07, 6.45) is 6.51. The molecule has 1 atom stereocenters. The molecule has 2 aliphatic rings. The Hall–Kier alpha value is -2.38. The largest absolute Gasteiger partial charge is 0.369 e. The highest BCUT2D eigenvalue weighted by atomic mass is 35.5. The molecule has 1 aliphatic heterocycles. The van der Waals surface area contributed by atoms with Crippen molar-refractivity contribution in [1.29, 1.82) is 0 Å². The molecule has 0 radical (unpaired) electrons. The smallest absolute Gasteiger partial charge is 0.254 e. The predicted molar refractivity (Wildman–Crippen MR) is 121 cm³/mol. The SMILES string of the molecule is Cc1ccc(-n2ncc(C(=O)NCCCN3CCCC(C(N)=O)C3)c2C2CC2)cc1Cl. The first-order valence-electron chi connectivity index (χ1n) is 11.1. The third-order valence-electron chi connectivity index (χ3n) is 6.26. The van der Waals surface area contributed by atoms with Gasteiger partial charge in [0, 0.05) is 24.0 Å². The number of rotatable bonds is 8. The van der Waals surface area contributed by atoms with Crippen LogP contribution in [0.25, 0.3) is 5.69 Å². The van der Waals surface area contributed by atoms with Crippen LogP contribution >= 0.6 is 11.6 Å². The molecule has 166 valence electrons. The molecule has 1 unspecified atom stereocenters. The van der Waals surface area contributed by atoms with Crippen LogP contribution in [-0.2, 0) is 4.79 Å². The number of nitrogens with two attached hydrogens (primary N) is 1. The average molecular weight is 444 g/mol. The first-order chi connectivity index (χ1) is 14.9. The zero-order valence-corrected chi connectivity index (χ0v) is 18.7. The molecule has 0 spiro atoms. The Labute approximate surface area is 187 Å². The third kappa shape index (κ3) is 5.10. The van der Waals surface area contributed by atoms with E-state index >= 15 is 0 Å². The van der Waals surface area contributed by atoms with Crippen molar-refractivity contribution in [2.45, 2.75) is 44.9 Å². The summed E-state index contributed by atoms with van der Waals surface area (Å²) in [5, 5.41) is 8.25. The van der Waals surface area contributed by atoms with E-state index in [0.29, 0.717) is 23.0 Å². The summed E-state index contributed by atoms with van der Waals surface area (Å²) in [7, 11) is 0. The molecule has 31 heavy (non-hydrogen) atoms. The van der Waals surface area contributed by atoms with Crippen LogP contribution in [0.5, 0.6) is 0 Å². The van der Waals surface area contributed by atoms with E-state index in [9.17, 15) is 9.59 Å². The minimum Gasteiger partial charge on any atom is -0.369 e. The summed E-state index contributed by atoms with van der Waals surface area (Å²) in [6, 6.07) is 5.86. The highest BCUT2D eigenvalue weighted by molar-refractivity contribution is 6.31. The standard InChI is InChI=1S/C23H30ClN5O2/c1-15-5-8-18(12-20(15)24)29-21(16-6-7-16)19(13-27-29)23(31)26-9-3-11-28-10-2-4-17(14-28)22(25)30/h5,8,12-13,16-17H,2-4,6-7,9-11,14H2,1H3,(H2,25,30)(H,26,31). The summed E-state index contributed by atoms with van der Waals surface area (Å²) in [6.45, 7) is 5.10. The van der Waals surface area contributed by atoms with E-state index in [1.807, 2.05) is 29.8 Å². The van der Waals surface area contributed by atoms with Crippen molar-refractivity contribution in [3.63, 3.8) is 0 Å². The number of nitrogens with zero attached hydrogens (tertiary/aromatic N) is 3. The van der Waals surface area contributed by atoms with E-state index in [0.717, 1.165) is 68.7 Å². The lowest BCUT2D eigenvalue weighted by molar-refractivity contribution is -0.123. The van der Waals surface area contributed by atoms with E-state index in [2.05, 4.69) is 15.3 Å². The number of primary amides is 1. The quantitative estimate of drug-likeness (QED) is 0.613. The molecule has 7 nitrogen and oxygen atoms in total. The molecule has 8 heteroatoms. The molecule has 2 fully saturated rings. The summed E-state index contributed by atoms with van der Waals surface area (Å²) in [4.78, 5) is 26.6. The lowest BCUT2D eigenvalue weighted by Crippen LogP contribution is -2.42. The lowest BCUT2D eigenvalue weighted by atomic mass is 9.97. The van der Waals surface area contributed by atoms with E-state index in [1.54, 1.807) is 6.20 Å². The van der Waals surface area contributed by atoms with Gasteiger partial charge in [0.1, 0.15) is 0 Å². The van der Waals surface area contributed by atoms with Crippen molar-refractivity contribution >= 4 is 23.4 Å². The minimum absolute atomic E-state index is 0.0504. The number of carbonyl (C=O) groups is 2. The predicted octanol–water partition coefficient (Wildman–Crippen LogP) is 3.03. The number of likely N-dealkylation sites (tertiary alicyclic amines) is 1. The number of hydrogen-bond acceptors (Lipinski definition) is 4. The van der Waals surface area contributed by atoms with Crippen molar-refractivity contribution in [3.05, 3.63) is 46.2 Å². The number of benzene rings is 1. The fourth-order valence-corrected chi connectivity index (χ4v) is 4.47. The number of hydrogen-bond donors (Lipinski definition) is 2. The monoisotopic (exact) mass is 443 g/mol. The van der Waals surface area contributed by atoms with Crippen molar-refractivity contribution < 1.29 is 9.59 Å². The maximum absolute atomic E-state index is 12.9. The Bertz CT molecular complexity index is 969. The molecule has 0 bridgehead atoms. The molecule has 2 heterocycles. The second-order valence-electron chi connectivity index (χ2n) is 8.71. The summed E-state index contributed by atoms with van der Waals surface area (Å²) in [5.41, 5.74) is 8.96. The fourth-order valence-electron chi connectivity index (χ4n) is 4.29. The van der Waals surface area contributed by atoms with Gasteiger partial charge in [0.2, 0.25) is 5.91 Å². The number of carbonyl (C=O) groups excluding carboxylic acids is 2. The van der Waals surface area contributed by atoms with Crippen molar-refractivity contribution in [1.82, 2.24) is 20.0 Å². The Morgan fingerprint density at radius 1 is 1.29 bits per heavy atom. The second kappa shape index (κ2) is 9.40. The van der Waals surface area contributed by atoms with E-state index in [1.165, 1.54) is 0 Å². The molecule has 1 aromatic heterocycles. The van der Waals surface area contributed by atoms with Gasteiger partial charge >= 0.3 is 0 Å². The molecule has 2 aromatic rings. The van der Waals surface area contributed by atoms with E-state index in [4.69, 9.17) is 17.3 Å². The van der Waals surface area contributed by atoms with Crippen molar-refractivity contribution in [2.24, 2.45) is 11.7 Å². The fraction of sp³-hybridized carbons (Fsp3) is 0.522. The van der Waals surface area contributed by atoms with Crippen molar-refractivity contribution in [3.8, 4) is 5.69 Å². The number of nitrogens with one attached hydrogen (secondary N) is 1. The Morgan fingerprint density at radius 2 is 2.10 bits per heavy atom. The minimum atomic E-state index is -0.211. The molecule has 1 saturated carbocycles. The maximum Gasteiger partial charge on any atom is 0.254 e.